The predicted octanol–water partition coefficient (Wildman–Crippen LogP) is 3.18. The highest BCUT2D eigenvalue weighted by Crippen LogP contribution is 2.36. The Hall–Kier alpha value is -1.98. The number of hydrogen-bond donors (Lipinski definition) is 1. The van der Waals surface area contributed by atoms with Crippen molar-refractivity contribution < 1.29 is 4.79 Å². The predicted molar refractivity (Wildman–Crippen MR) is 76.0 cm³/mol. The average molecular weight is 250 g/mol. The standard InChI is InChI=1S/C16H10OS/c17-16-14-6-2-1-5-12(14)13-8-7-11(4-3-9-18)10-15(13)16/h1-2,5-8,10,18H,9H2. The van der Waals surface area contributed by atoms with E-state index in [0.29, 0.717) is 5.75 Å². The summed E-state index contributed by atoms with van der Waals surface area (Å²) in [5.74, 6) is 6.50. The number of rotatable bonds is 0. The highest BCUT2D eigenvalue weighted by molar-refractivity contribution is 7.80. The number of carbonyl (C=O) groups is 1. The normalized spacial score (nSPS) is 11.5. The minimum Gasteiger partial charge on any atom is -0.289 e. The highest BCUT2D eigenvalue weighted by atomic mass is 32.1. The first-order chi connectivity index (χ1) is 8.81. The molecule has 0 aliphatic heterocycles. The highest BCUT2D eigenvalue weighted by Gasteiger charge is 2.25. The molecular formula is C16H10OS. The van der Waals surface area contributed by atoms with E-state index in [9.17, 15) is 4.79 Å². The van der Waals surface area contributed by atoms with Crippen molar-refractivity contribution in [1.82, 2.24) is 0 Å². The van der Waals surface area contributed by atoms with E-state index in [-0.39, 0.29) is 5.78 Å². The maximum absolute atomic E-state index is 12.3. The van der Waals surface area contributed by atoms with Gasteiger partial charge in [0.15, 0.2) is 5.78 Å². The molecule has 0 heterocycles. The summed E-state index contributed by atoms with van der Waals surface area (Å²) in [6, 6.07) is 13.5. The van der Waals surface area contributed by atoms with Crippen LogP contribution >= 0.6 is 12.6 Å². The fourth-order valence-electron chi connectivity index (χ4n) is 2.25. The van der Waals surface area contributed by atoms with Gasteiger partial charge in [-0.3, -0.25) is 4.79 Å². The first kappa shape index (κ1) is 11.1. The van der Waals surface area contributed by atoms with Crippen molar-refractivity contribution in [2.45, 2.75) is 0 Å². The van der Waals surface area contributed by atoms with E-state index >= 15 is 0 Å². The molecule has 0 amide bonds. The molecule has 0 saturated carbocycles. The van der Waals surface area contributed by atoms with Gasteiger partial charge in [0.2, 0.25) is 0 Å². The third kappa shape index (κ3) is 1.64. The summed E-state index contributed by atoms with van der Waals surface area (Å²) in [7, 11) is 0. The first-order valence-electron chi connectivity index (χ1n) is 5.69. The van der Waals surface area contributed by atoms with E-state index < -0.39 is 0 Å². The van der Waals surface area contributed by atoms with Crippen LogP contribution in [0.5, 0.6) is 0 Å². The maximum Gasteiger partial charge on any atom is 0.194 e. The number of carbonyl (C=O) groups excluding carboxylic acids is 1. The molecule has 3 rings (SSSR count). The zero-order valence-electron chi connectivity index (χ0n) is 9.60. The Morgan fingerprint density at radius 1 is 0.944 bits per heavy atom. The van der Waals surface area contributed by atoms with E-state index in [0.717, 1.165) is 27.8 Å². The Bertz CT molecular complexity index is 705. The maximum atomic E-state index is 12.3. The van der Waals surface area contributed by atoms with Gasteiger partial charge < -0.3 is 0 Å². The Balaban J connectivity index is 2.17. The number of fused-ring (bicyclic) bond motifs is 3. The summed E-state index contributed by atoms with van der Waals surface area (Å²) in [6.07, 6.45) is 0. The Labute approximate surface area is 111 Å². The van der Waals surface area contributed by atoms with Gasteiger partial charge in [-0.25, -0.2) is 0 Å². The molecule has 0 saturated heterocycles. The largest absolute Gasteiger partial charge is 0.289 e. The van der Waals surface area contributed by atoms with Crippen LogP contribution in [0.2, 0.25) is 0 Å². The fourth-order valence-corrected chi connectivity index (χ4v) is 2.33. The average Bonchev–Trinajstić information content (AvgIpc) is 2.71. The summed E-state index contributed by atoms with van der Waals surface area (Å²) in [6.45, 7) is 0. The van der Waals surface area contributed by atoms with Crippen LogP contribution in [0.15, 0.2) is 42.5 Å². The van der Waals surface area contributed by atoms with Gasteiger partial charge in [0.1, 0.15) is 0 Å². The van der Waals surface area contributed by atoms with E-state index in [1.54, 1.807) is 0 Å². The van der Waals surface area contributed by atoms with Crippen molar-refractivity contribution >= 4 is 18.4 Å². The monoisotopic (exact) mass is 250 g/mol. The fraction of sp³-hybridized carbons (Fsp3) is 0.0625. The molecule has 1 nitrogen and oxygen atoms in total. The van der Waals surface area contributed by atoms with Gasteiger partial charge in [-0.15, -0.1) is 0 Å². The van der Waals surface area contributed by atoms with E-state index in [1.807, 2.05) is 42.5 Å². The van der Waals surface area contributed by atoms with E-state index in [2.05, 4.69) is 24.5 Å². The van der Waals surface area contributed by atoms with Gasteiger partial charge in [-0.1, -0.05) is 42.2 Å². The van der Waals surface area contributed by atoms with Crippen molar-refractivity contribution in [3.05, 3.63) is 59.2 Å². The molecule has 2 aromatic rings. The molecule has 0 bridgehead atoms. The van der Waals surface area contributed by atoms with Crippen LogP contribution in [0, 0.1) is 11.8 Å². The van der Waals surface area contributed by atoms with Gasteiger partial charge in [0.05, 0.1) is 5.75 Å². The molecule has 2 aromatic carbocycles. The van der Waals surface area contributed by atoms with Gasteiger partial charge in [-0.2, -0.15) is 12.6 Å². The number of benzene rings is 2. The van der Waals surface area contributed by atoms with Gasteiger partial charge in [0, 0.05) is 16.7 Å². The lowest BCUT2D eigenvalue weighted by atomic mass is 10.0. The van der Waals surface area contributed by atoms with Crippen LogP contribution in [0.1, 0.15) is 21.5 Å². The van der Waals surface area contributed by atoms with Crippen molar-refractivity contribution in [1.29, 1.82) is 0 Å². The smallest absolute Gasteiger partial charge is 0.194 e. The summed E-state index contributed by atoms with van der Waals surface area (Å²) < 4.78 is 0. The van der Waals surface area contributed by atoms with Crippen LogP contribution in [0.4, 0.5) is 0 Å². The zero-order valence-corrected chi connectivity index (χ0v) is 10.5. The van der Waals surface area contributed by atoms with Gasteiger partial charge in [-0.05, 0) is 23.3 Å². The van der Waals surface area contributed by atoms with Crippen molar-refractivity contribution in [2.75, 3.05) is 5.75 Å². The molecule has 0 aromatic heterocycles. The lowest BCUT2D eigenvalue weighted by molar-refractivity contribution is 0.104. The molecule has 18 heavy (non-hydrogen) atoms. The summed E-state index contributed by atoms with van der Waals surface area (Å²) in [5, 5.41) is 0. The summed E-state index contributed by atoms with van der Waals surface area (Å²) >= 11 is 4.05. The summed E-state index contributed by atoms with van der Waals surface area (Å²) in [4.78, 5) is 12.3. The molecule has 0 N–H and O–H groups in total. The molecular weight excluding hydrogens is 240 g/mol. The molecule has 0 unspecified atom stereocenters. The minimum absolute atomic E-state index is 0.0927. The molecule has 86 valence electrons. The Morgan fingerprint density at radius 3 is 2.44 bits per heavy atom. The van der Waals surface area contributed by atoms with E-state index in [1.165, 1.54) is 0 Å². The second kappa shape index (κ2) is 4.36. The first-order valence-corrected chi connectivity index (χ1v) is 6.32. The third-order valence-electron chi connectivity index (χ3n) is 3.04. The summed E-state index contributed by atoms with van der Waals surface area (Å²) in [5.41, 5.74) is 4.43. The number of ketones is 1. The van der Waals surface area contributed by atoms with Crippen LogP contribution in [0.3, 0.4) is 0 Å². The quantitative estimate of drug-likeness (QED) is 0.479. The molecule has 0 spiro atoms. The third-order valence-corrected chi connectivity index (χ3v) is 3.20. The number of hydrogen-bond acceptors (Lipinski definition) is 2. The Morgan fingerprint density at radius 2 is 1.67 bits per heavy atom. The molecule has 0 radical (unpaired) electrons. The molecule has 1 aliphatic carbocycles. The molecule has 2 heteroatoms. The van der Waals surface area contributed by atoms with Crippen LogP contribution in [-0.4, -0.2) is 11.5 Å². The van der Waals surface area contributed by atoms with Crippen molar-refractivity contribution in [2.24, 2.45) is 0 Å². The van der Waals surface area contributed by atoms with Crippen molar-refractivity contribution in [3.63, 3.8) is 0 Å². The van der Waals surface area contributed by atoms with Crippen LogP contribution in [-0.2, 0) is 0 Å². The Kier molecular flexibility index (Phi) is 2.70. The minimum atomic E-state index is 0.0927. The topological polar surface area (TPSA) is 17.1 Å². The van der Waals surface area contributed by atoms with E-state index in [4.69, 9.17) is 0 Å². The molecule has 0 atom stereocenters. The van der Waals surface area contributed by atoms with Crippen molar-refractivity contribution in [3.8, 4) is 23.0 Å². The van der Waals surface area contributed by atoms with Crippen LogP contribution in [0.25, 0.3) is 11.1 Å². The van der Waals surface area contributed by atoms with Gasteiger partial charge >= 0.3 is 0 Å². The SMILES string of the molecule is O=C1c2ccccc2-c2ccc(C#CCS)cc21. The molecule has 0 fully saturated rings. The van der Waals surface area contributed by atoms with Gasteiger partial charge in [0.25, 0.3) is 0 Å². The second-order valence-electron chi connectivity index (χ2n) is 4.09. The number of thiol groups is 1. The molecule has 1 aliphatic rings. The lowest BCUT2D eigenvalue weighted by Gasteiger charge is -1.99. The van der Waals surface area contributed by atoms with Crippen LogP contribution < -0.4 is 0 Å². The zero-order chi connectivity index (χ0) is 12.5. The second-order valence-corrected chi connectivity index (χ2v) is 4.41. The lowest BCUT2D eigenvalue weighted by Crippen LogP contribution is -1.95.